The van der Waals surface area contributed by atoms with Crippen LogP contribution in [0.2, 0.25) is 0 Å². The Morgan fingerprint density at radius 2 is 1.69 bits per heavy atom. The first-order valence-corrected chi connectivity index (χ1v) is 9.56. The first-order valence-electron chi connectivity index (χ1n) is 9.15. The molecule has 3 N–H and O–H groups in total. The van der Waals surface area contributed by atoms with E-state index in [1.165, 1.54) is 0 Å². The minimum atomic E-state index is -0.312. The van der Waals surface area contributed by atoms with Gasteiger partial charge in [-0.15, -0.1) is 0 Å². The number of rotatable bonds is 9. The minimum absolute atomic E-state index is 0.00524. The molecule has 29 heavy (non-hydrogen) atoms. The number of amides is 2. The van der Waals surface area contributed by atoms with E-state index >= 15 is 0 Å². The molecule has 0 aliphatic rings. The van der Waals surface area contributed by atoms with Gasteiger partial charge in [0.05, 0.1) is 6.61 Å². The molecule has 0 fully saturated rings. The van der Waals surface area contributed by atoms with Crippen LogP contribution in [-0.4, -0.2) is 44.3 Å². The minimum Gasteiger partial charge on any atom is -0.491 e. The van der Waals surface area contributed by atoms with Crippen LogP contribution in [0, 0.1) is 0 Å². The predicted molar refractivity (Wildman–Crippen MR) is 116 cm³/mol. The van der Waals surface area contributed by atoms with Crippen molar-refractivity contribution >= 4 is 34.8 Å². The Kier molecular flexibility index (Phi) is 9.07. The highest BCUT2D eigenvalue weighted by Crippen LogP contribution is 2.13. The van der Waals surface area contributed by atoms with E-state index in [-0.39, 0.29) is 16.9 Å². The second-order valence-electron chi connectivity index (χ2n) is 6.14. The number of benzene rings is 2. The molecule has 0 atom stereocenters. The molecule has 2 aromatic carbocycles. The summed E-state index contributed by atoms with van der Waals surface area (Å²) in [6.07, 6.45) is 1.10. The molecule has 8 heteroatoms. The lowest BCUT2D eigenvalue weighted by Crippen LogP contribution is -2.34. The van der Waals surface area contributed by atoms with Crippen molar-refractivity contribution in [1.29, 1.82) is 0 Å². The second kappa shape index (κ2) is 11.8. The summed E-state index contributed by atoms with van der Waals surface area (Å²) in [6.45, 7) is 0.942. The van der Waals surface area contributed by atoms with Crippen molar-refractivity contribution < 1.29 is 19.1 Å². The van der Waals surface area contributed by atoms with E-state index < -0.39 is 0 Å². The lowest BCUT2D eigenvalue weighted by Gasteiger charge is -2.11. The average molecular weight is 416 g/mol. The smallest absolute Gasteiger partial charge is 0.257 e. The Balaban J connectivity index is 1.82. The normalized spacial score (nSPS) is 10.1. The molecule has 0 spiro atoms. The molecule has 0 aliphatic heterocycles. The molecule has 0 aromatic heterocycles. The topological polar surface area (TPSA) is 88.7 Å². The van der Waals surface area contributed by atoms with Crippen molar-refractivity contribution in [2.75, 3.05) is 32.7 Å². The van der Waals surface area contributed by atoms with Crippen molar-refractivity contribution in [1.82, 2.24) is 10.6 Å². The van der Waals surface area contributed by atoms with Crippen LogP contribution in [0.1, 0.15) is 22.3 Å². The average Bonchev–Trinajstić information content (AvgIpc) is 2.73. The maximum Gasteiger partial charge on any atom is 0.257 e. The van der Waals surface area contributed by atoms with Gasteiger partial charge in [0.1, 0.15) is 12.4 Å². The van der Waals surface area contributed by atoms with Gasteiger partial charge in [-0.2, -0.15) is 0 Å². The summed E-state index contributed by atoms with van der Waals surface area (Å²) in [4.78, 5) is 23.6. The number of anilines is 1. The van der Waals surface area contributed by atoms with Crippen LogP contribution in [0.4, 0.5) is 5.69 Å². The standard InChI is InChI=1S/C21H25N3O4S/c1-22-19(25)12-5-15-3-8-17(9-4-15)23-21(29)24-20(26)16-6-10-18(11-7-16)28-14-13-27-2/h3-4,6-11H,5,12-14H2,1-2H3,(H,22,25)(H2,23,24,26,29). The Labute approximate surface area is 175 Å². The van der Waals surface area contributed by atoms with Gasteiger partial charge in [0.15, 0.2) is 5.11 Å². The largest absolute Gasteiger partial charge is 0.491 e. The van der Waals surface area contributed by atoms with Crippen LogP contribution < -0.4 is 20.7 Å². The van der Waals surface area contributed by atoms with Gasteiger partial charge in [0.25, 0.3) is 5.91 Å². The summed E-state index contributed by atoms with van der Waals surface area (Å²) in [5, 5.41) is 8.42. The summed E-state index contributed by atoms with van der Waals surface area (Å²) in [5.41, 5.74) is 2.26. The Bertz CT molecular complexity index is 823. The molecule has 0 saturated heterocycles. The fourth-order valence-electron chi connectivity index (χ4n) is 2.42. The van der Waals surface area contributed by atoms with E-state index in [1.54, 1.807) is 38.4 Å². The van der Waals surface area contributed by atoms with Gasteiger partial charge >= 0.3 is 0 Å². The number of carbonyl (C=O) groups excluding carboxylic acids is 2. The second-order valence-corrected chi connectivity index (χ2v) is 6.55. The zero-order valence-electron chi connectivity index (χ0n) is 16.5. The highest BCUT2D eigenvalue weighted by molar-refractivity contribution is 7.80. The van der Waals surface area contributed by atoms with Crippen LogP contribution >= 0.6 is 12.2 Å². The fourth-order valence-corrected chi connectivity index (χ4v) is 2.63. The van der Waals surface area contributed by atoms with Gasteiger partial charge in [-0.25, -0.2) is 0 Å². The molecule has 2 aromatic rings. The van der Waals surface area contributed by atoms with Gasteiger partial charge in [-0.1, -0.05) is 12.1 Å². The third-order valence-corrected chi connectivity index (χ3v) is 4.24. The molecule has 2 rings (SSSR count). The first kappa shape index (κ1) is 22.3. The van der Waals surface area contributed by atoms with Crippen molar-refractivity contribution in [2.45, 2.75) is 12.8 Å². The predicted octanol–water partition coefficient (Wildman–Crippen LogP) is 2.52. The number of nitrogens with one attached hydrogen (secondary N) is 3. The van der Waals surface area contributed by atoms with Gasteiger partial charge in [0, 0.05) is 31.8 Å². The summed E-state index contributed by atoms with van der Waals surface area (Å²) < 4.78 is 10.4. The van der Waals surface area contributed by atoms with E-state index in [0.29, 0.717) is 37.4 Å². The molecule has 0 unspecified atom stereocenters. The molecular formula is C21H25N3O4S. The van der Waals surface area contributed by atoms with Crippen LogP contribution in [-0.2, 0) is 16.0 Å². The number of hydrogen-bond acceptors (Lipinski definition) is 5. The fraction of sp³-hybridized carbons (Fsp3) is 0.286. The molecule has 0 radical (unpaired) electrons. The van der Waals surface area contributed by atoms with Crippen molar-refractivity contribution in [3.8, 4) is 5.75 Å². The maximum atomic E-state index is 12.3. The summed E-state index contributed by atoms with van der Waals surface area (Å²) in [7, 11) is 3.23. The molecule has 154 valence electrons. The number of carbonyl (C=O) groups is 2. The van der Waals surface area contributed by atoms with Crippen molar-refractivity contribution in [2.24, 2.45) is 0 Å². The summed E-state index contributed by atoms with van der Waals surface area (Å²) in [6, 6.07) is 14.3. The van der Waals surface area contributed by atoms with Gasteiger partial charge < -0.3 is 20.1 Å². The Morgan fingerprint density at radius 3 is 2.31 bits per heavy atom. The number of thiocarbonyl (C=S) groups is 1. The number of aryl methyl sites for hydroxylation is 1. The van der Waals surface area contributed by atoms with E-state index in [9.17, 15) is 9.59 Å². The first-order chi connectivity index (χ1) is 14.0. The van der Waals surface area contributed by atoms with Crippen LogP contribution in [0.25, 0.3) is 0 Å². The Morgan fingerprint density at radius 1 is 1.00 bits per heavy atom. The number of ether oxygens (including phenoxy) is 2. The van der Waals surface area contributed by atoms with E-state index in [2.05, 4.69) is 16.0 Å². The molecule has 0 heterocycles. The van der Waals surface area contributed by atoms with Crippen LogP contribution in [0.15, 0.2) is 48.5 Å². The van der Waals surface area contributed by atoms with Gasteiger partial charge in [0.2, 0.25) is 5.91 Å². The monoisotopic (exact) mass is 415 g/mol. The zero-order valence-corrected chi connectivity index (χ0v) is 17.3. The number of hydrogen-bond donors (Lipinski definition) is 3. The summed E-state index contributed by atoms with van der Waals surface area (Å²) in [5.74, 6) is 0.356. The molecule has 0 bridgehead atoms. The molecule has 2 amide bonds. The highest BCUT2D eigenvalue weighted by atomic mass is 32.1. The van der Waals surface area contributed by atoms with E-state index in [1.807, 2.05) is 24.3 Å². The molecule has 7 nitrogen and oxygen atoms in total. The quantitative estimate of drug-likeness (QED) is 0.431. The van der Waals surface area contributed by atoms with E-state index in [4.69, 9.17) is 21.7 Å². The SMILES string of the molecule is CNC(=O)CCc1ccc(NC(=S)NC(=O)c2ccc(OCCOC)cc2)cc1. The van der Waals surface area contributed by atoms with Crippen molar-refractivity contribution in [3.63, 3.8) is 0 Å². The lowest BCUT2D eigenvalue weighted by molar-refractivity contribution is -0.120. The van der Waals surface area contributed by atoms with Gasteiger partial charge in [-0.3, -0.25) is 14.9 Å². The maximum absolute atomic E-state index is 12.3. The zero-order chi connectivity index (χ0) is 21.1. The van der Waals surface area contributed by atoms with E-state index in [0.717, 1.165) is 11.3 Å². The number of methoxy groups -OCH3 is 1. The van der Waals surface area contributed by atoms with Gasteiger partial charge in [-0.05, 0) is 60.6 Å². The molecular weight excluding hydrogens is 390 g/mol. The molecule has 0 aliphatic carbocycles. The highest BCUT2D eigenvalue weighted by Gasteiger charge is 2.08. The van der Waals surface area contributed by atoms with Crippen LogP contribution in [0.5, 0.6) is 5.75 Å². The lowest BCUT2D eigenvalue weighted by atomic mass is 10.1. The third kappa shape index (κ3) is 7.89. The van der Waals surface area contributed by atoms with Crippen molar-refractivity contribution in [3.05, 3.63) is 59.7 Å². The van der Waals surface area contributed by atoms with Crippen LogP contribution in [0.3, 0.4) is 0 Å². The molecule has 0 saturated carbocycles. The Hall–Kier alpha value is -2.97. The summed E-state index contributed by atoms with van der Waals surface area (Å²) >= 11 is 5.21. The third-order valence-electron chi connectivity index (χ3n) is 4.03.